The van der Waals surface area contributed by atoms with Crippen molar-refractivity contribution in [2.75, 3.05) is 24.5 Å². The van der Waals surface area contributed by atoms with Gasteiger partial charge in [-0.05, 0) is 60.7 Å². The van der Waals surface area contributed by atoms with Crippen molar-refractivity contribution in [1.29, 1.82) is 0 Å². The third kappa shape index (κ3) is 3.51. The lowest BCUT2D eigenvalue weighted by atomic mass is 10.00. The van der Waals surface area contributed by atoms with E-state index in [9.17, 15) is 8.42 Å². The molecule has 1 aromatic heterocycles. The summed E-state index contributed by atoms with van der Waals surface area (Å²) in [7, 11) is -3.42. The van der Waals surface area contributed by atoms with Gasteiger partial charge in [-0.1, -0.05) is 30.7 Å². The number of fused-ring (bicyclic) bond motifs is 2. The largest absolute Gasteiger partial charge is 0.352 e. The van der Waals surface area contributed by atoms with Crippen LogP contribution in [-0.4, -0.2) is 37.3 Å². The standard InChI is InChI=1S/C23H25N3O2S/c27-29(28,26-13-4-1-5-14-26)21-9-10-22-19(16-21)8-11-23(24-22)25-15-12-18-6-2-3-7-20(18)17-25/h2-3,6-11,16H,1,4-5,12-15,17H2. The van der Waals surface area contributed by atoms with Crippen molar-refractivity contribution in [3.8, 4) is 0 Å². The zero-order valence-electron chi connectivity index (χ0n) is 16.4. The molecule has 0 amide bonds. The summed E-state index contributed by atoms with van der Waals surface area (Å²) in [4.78, 5) is 7.49. The number of pyridine rings is 1. The van der Waals surface area contributed by atoms with Gasteiger partial charge >= 0.3 is 0 Å². The fraction of sp³-hybridized carbons (Fsp3) is 0.348. The molecule has 0 unspecified atom stereocenters. The predicted molar refractivity (Wildman–Crippen MR) is 116 cm³/mol. The van der Waals surface area contributed by atoms with Gasteiger partial charge in [0.25, 0.3) is 0 Å². The number of aromatic nitrogens is 1. The van der Waals surface area contributed by atoms with Crippen LogP contribution in [0.15, 0.2) is 59.5 Å². The Balaban J connectivity index is 1.43. The molecule has 3 heterocycles. The summed E-state index contributed by atoms with van der Waals surface area (Å²) < 4.78 is 27.5. The van der Waals surface area contributed by atoms with Crippen LogP contribution in [0.4, 0.5) is 5.82 Å². The molecular weight excluding hydrogens is 382 g/mol. The summed E-state index contributed by atoms with van der Waals surface area (Å²) >= 11 is 0. The van der Waals surface area contributed by atoms with E-state index < -0.39 is 10.0 Å². The average molecular weight is 408 g/mol. The second kappa shape index (κ2) is 7.43. The molecule has 2 aliphatic rings. The lowest BCUT2D eigenvalue weighted by Crippen LogP contribution is -2.35. The highest BCUT2D eigenvalue weighted by atomic mass is 32.2. The lowest BCUT2D eigenvalue weighted by Gasteiger charge is -2.30. The quantitative estimate of drug-likeness (QED) is 0.659. The van der Waals surface area contributed by atoms with Crippen molar-refractivity contribution in [3.63, 3.8) is 0 Å². The molecule has 0 spiro atoms. The Hall–Kier alpha value is -2.44. The summed E-state index contributed by atoms with van der Waals surface area (Å²) in [5.74, 6) is 0.943. The van der Waals surface area contributed by atoms with Gasteiger partial charge in [0.2, 0.25) is 10.0 Å². The summed E-state index contributed by atoms with van der Waals surface area (Å²) in [5.41, 5.74) is 3.60. The molecule has 0 atom stereocenters. The van der Waals surface area contributed by atoms with E-state index in [4.69, 9.17) is 4.98 Å². The van der Waals surface area contributed by atoms with Crippen LogP contribution in [0.25, 0.3) is 10.9 Å². The molecule has 29 heavy (non-hydrogen) atoms. The fourth-order valence-corrected chi connectivity index (χ4v) is 5.93. The van der Waals surface area contributed by atoms with Gasteiger partial charge in [-0.15, -0.1) is 0 Å². The molecule has 0 saturated carbocycles. The maximum absolute atomic E-state index is 13.0. The number of hydrogen-bond donors (Lipinski definition) is 0. The zero-order valence-corrected chi connectivity index (χ0v) is 17.2. The number of nitrogens with zero attached hydrogens (tertiary/aromatic N) is 3. The SMILES string of the molecule is O=S(=O)(c1ccc2nc(N3CCc4ccccc4C3)ccc2c1)N1CCCCC1. The number of benzene rings is 2. The fourth-order valence-electron chi connectivity index (χ4n) is 4.38. The normalized spacial score (nSPS) is 18.0. The summed E-state index contributed by atoms with van der Waals surface area (Å²) in [6.45, 7) is 3.04. The number of piperidine rings is 1. The first-order valence-corrected chi connectivity index (χ1v) is 11.8. The van der Waals surface area contributed by atoms with Crippen molar-refractivity contribution in [3.05, 3.63) is 65.7 Å². The van der Waals surface area contributed by atoms with Gasteiger partial charge in [-0.25, -0.2) is 13.4 Å². The Bertz CT molecular complexity index is 1150. The molecule has 0 radical (unpaired) electrons. The molecule has 2 aromatic carbocycles. The number of anilines is 1. The maximum Gasteiger partial charge on any atom is 0.243 e. The van der Waals surface area contributed by atoms with Crippen molar-refractivity contribution in [2.45, 2.75) is 37.1 Å². The molecule has 3 aromatic rings. The lowest BCUT2D eigenvalue weighted by molar-refractivity contribution is 0.346. The number of sulfonamides is 1. The molecule has 150 valence electrons. The van der Waals surface area contributed by atoms with Crippen molar-refractivity contribution < 1.29 is 8.42 Å². The monoisotopic (exact) mass is 407 g/mol. The van der Waals surface area contributed by atoms with Crippen molar-refractivity contribution >= 4 is 26.7 Å². The minimum Gasteiger partial charge on any atom is -0.352 e. The average Bonchev–Trinajstić information content (AvgIpc) is 2.78. The van der Waals surface area contributed by atoms with Crippen molar-refractivity contribution in [2.24, 2.45) is 0 Å². The van der Waals surface area contributed by atoms with Gasteiger partial charge in [0.1, 0.15) is 5.82 Å². The van der Waals surface area contributed by atoms with Crippen LogP contribution < -0.4 is 4.90 Å². The third-order valence-corrected chi connectivity index (χ3v) is 7.95. The minimum atomic E-state index is -3.42. The number of rotatable bonds is 3. The van der Waals surface area contributed by atoms with E-state index in [-0.39, 0.29) is 0 Å². The summed E-state index contributed by atoms with van der Waals surface area (Å²) in [5, 5.41) is 0.865. The second-order valence-electron chi connectivity index (χ2n) is 7.93. The van der Waals surface area contributed by atoms with Gasteiger partial charge in [0.15, 0.2) is 0 Å². The van der Waals surface area contributed by atoms with E-state index in [1.54, 1.807) is 16.4 Å². The third-order valence-electron chi connectivity index (χ3n) is 6.05. The molecule has 1 fully saturated rings. The van der Waals surface area contributed by atoms with E-state index in [2.05, 4.69) is 29.2 Å². The molecule has 1 saturated heterocycles. The van der Waals surface area contributed by atoms with E-state index in [0.29, 0.717) is 18.0 Å². The first-order valence-electron chi connectivity index (χ1n) is 10.3. The molecule has 5 nitrogen and oxygen atoms in total. The van der Waals surface area contributed by atoms with Crippen LogP contribution in [-0.2, 0) is 23.0 Å². The van der Waals surface area contributed by atoms with Gasteiger partial charge in [-0.3, -0.25) is 0 Å². The van der Waals surface area contributed by atoms with Crippen LogP contribution in [0.5, 0.6) is 0 Å². The number of hydrogen-bond acceptors (Lipinski definition) is 4. The van der Waals surface area contributed by atoms with E-state index in [0.717, 1.165) is 55.5 Å². The molecule has 0 N–H and O–H groups in total. The smallest absolute Gasteiger partial charge is 0.243 e. The van der Waals surface area contributed by atoms with Crippen LogP contribution in [0, 0.1) is 0 Å². The molecule has 5 rings (SSSR count). The van der Waals surface area contributed by atoms with Crippen LogP contribution in [0.1, 0.15) is 30.4 Å². The summed E-state index contributed by atoms with van der Waals surface area (Å²) in [6, 6.07) is 17.9. The second-order valence-corrected chi connectivity index (χ2v) is 9.87. The Kier molecular flexibility index (Phi) is 4.76. The van der Waals surface area contributed by atoms with Gasteiger partial charge in [0.05, 0.1) is 10.4 Å². The Morgan fingerprint density at radius 1 is 0.828 bits per heavy atom. The van der Waals surface area contributed by atoms with Crippen LogP contribution in [0.2, 0.25) is 0 Å². The van der Waals surface area contributed by atoms with E-state index in [1.165, 1.54) is 11.1 Å². The molecular formula is C23H25N3O2S. The van der Waals surface area contributed by atoms with Gasteiger partial charge in [0, 0.05) is 31.6 Å². The van der Waals surface area contributed by atoms with E-state index >= 15 is 0 Å². The highest BCUT2D eigenvalue weighted by Gasteiger charge is 2.26. The van der Waals surface area contributed by atoms with Crippen LogP contribution in [0.3, 0.4) is 0 Å². The Labute approximate surface area is 172 Å². The predicted octanol–water partition coefficient (Wildman–Crippen LogP) is 3.97. The molecule has 2 aliphatic heterocycles. The molecule has 0 bridgehead atoms. The van der Waals surface area contributed by atoms with Crippen LogP contribution >= 0.6 is 0 Å². The van der Waals surface area contributed by atoms with E-state index in [1.807, 2.05) is 18.2 Å². The summed E-state index contributed by atoms with van der Waals surface area (Å²) in [6.07, 6.45) is 4.01. The molecule has 0 aliphatic carbocycles. The topological polar surface area (TPSA) is 53.5 Å². The highest BCUT2D eigenvalue weighted by Crippen LogP contribution is 2.27. The zero-order chi connectivity index (χ0) is 19.8. The first-order chi connectivity index (χ1) is 14.1. The minimum absolute atomic E-state index is 0.369. The van der Waals surface area contributed by atoms with Gasteiger partial charge in [-0.2, -0.15) is 4.31 Å². The highest BCUT2D eigenvalue weighted by molar-refractivity contribution is 7.89. The first kappa shape index (κ1) is 18.6. The Morgan fingerprint density at radius 2 is 1.62 bits per heavy atom. The van der Waals surface area contributed by atoms with Crippen molar-refractivity contribution in [1.82, 2.24) is 9.29 Å². The maximum atomic E-state index is 13.0. The molecule has 6 heteroatoms. The Morgan fingerprint density at radius 3 is 2.45 bits per heavy atom. The van der Waals surface area contributed by atoms with Gasteiger partial charge < -0.3 is 4.90 Å².